The average Bonchev–Trinajstić information content (AvgIpc) is 3.06. The standard InChI is InChI=1S/C18H12ClN3/c19-17-14-8-10-21-18(14)22-11-15(17)12-4-6-13(7-5-12)16-3-1-2-9-20-16/h1-11H,(H,21,22). The second kappa shape index (κ2) is 5.28. The first-order valence-electron chi connectivity index (χ1n) is 6.96. The van der Waals surface area contributed by atoms with Crippen LogP contribution in [0.4, 0.5) is 0 Å². The molecule has 1 aromatic carbocycles. The second-order valence-electron chi connectivity index (χ2n) is 5.02. The van der Waals surface area contributed by atoms with E-state index in [2.05, 4.69) is 27.1 Å². The van der Waals surface area contributed by atoms with Gasteiger partial charge in [0.1, 0.15) is 5.65 Å². The molecule has 0 bridgehead atoms. The molecule has 3 aromatic heterocycles. The third-order valence-corrected chi connectivity index (χ3v) is 4.08. The second-order valence-corrected chi connectivity index (χ2v) is 5.40. The van der Waals surface area contributed by atoms with Gasteiger partial charge < -0.3 is 4.98 Å². The lowest BCUT2D eigenvalue weighted by Gasteiger charge is -2.07. The Bertz CT molecular complexity index is 928. The van der Waals surface area contributed by atoms with E-state index in [4.69, 9.17) is 11.6 Å². The fraction of sp³-hybridized carbons (Fsp3) is 0. The van der Waals surface area contributed by atoms with E-state index < -0.39 is 0 Å². The Labute approximate surface area is 132 Å². The zero-order valence-corrected chi connectivity index (χ0v) is 12.4. The van der Waals surface area contributed by atoms with Crippen molar-refractivity contribution in [3.8, 4) is 22.4 Å². The van der Waals surface area contributed by atoms with Crippen molar-refractivity contribution in [2.75, 3.05) is 0 Å². The molecule has 0 spiro atoms. The van der Waals surface area contributed by atoms with Crippen LogP contribution in [0.2, 0.25) is 5.02 Å². The summed E-state index contributed by atoms with van der Waals surface area (Å²) in [7, 11) is 0. The monoisotopic (exact) mass is 305 g/mol. The Kier molecular flexibility index (Phi) is 3.13. The topological polar surface area (TPSA) is 41.6 Å². The van der Waals surface area contributed by atoms with Crippen LogP contribution in [-0.2, 0) is 0 Å². The van der Waals surface area contributed by atoms with Gasteiger partial charge in [-0.15, -0.1) is 0 Å². The SMILES string of the molecule is Clc1c(-c2ccc(-c3ccccn3)cc2)cnc2[nH]ccc12. The number of benzene rings is 1. The van der Waals surface area contributed by atoms with E-state index in [-0.39, 0.29) is 0 Å². The van der Waals surface area contributed by atoms with Gasteiger partial charge in [-0.05, 0) is 23.8 Å². The number of rotatable bonds is 2. The van der Waals surface area contributed by atoms with Gasteiger partial charge in [0.05, 0.1) is 10.7 Å². The van der Waals surface area contributed by atoms with E-state index in [0.717, 1.165) is 38.4 Å². The van der Waals surface area contributed by atoms with E-state index in [1.807, 2.05) is 42.6 Å². The maximum atomic E-state index is 6.50. The molecule has 4 heteroatoms. The van der Waals surface area contributed by atoms with Crippen molar-refractivity contribution in [3.05, 3.63) is 72.1 Å². The van der Waals surface area contributed by atoms with Crippen LogP contribution >= 0.6 is 11.6 Å². The largest absolute Gasteiger partial charge is 0.346 e. The van der Waals surface area contributed by atoms with Crippen molar-refractivity contribution in [1.29, 1.82) is 0 Å². The van der Waals surface area contributed by atoms with Crippen molar-refractivity contribution in [2.45, 2.75) is 0 Å². The van der Waals surface area contributed by atoms with Crippen molar-refractivity contribution in [3.63, 3.8) is 0 Å². The quantitative estimate of drug-likeness (QED) is 0.569. The summed E-state index contributed by atoms with van der Waals surface area (Å²) in [4.78, 5) is 11.8. The van der Waals surface area contributed by atoms with Crippen LogP contribution in [-0.4, -0.2) is 15.0 Å². The Balaban J connectivity index is 1.77. The van der Waals surface area contributed by atoms with Gasteiger partial charge >= 0.3 is 0 Å². The summed E-state index contributed by atoms with van der Waals surface area (Å²) in [5.74, 6) is 0. The zero-order chi connectivity index (χ0) is 14.9. The summed E-state index contributed by atoms with van der Waals surface area (Å²) < 4.78 is 0. The van der Waals surface area contributed by atoms with Crippen LogP contribution < -0.4 is 0 Å². The molecule has 0 radical (unpaired) electrons. The molecule has 0 saturated heterocycles. The maximum absolute atomic E-state index is 6.50. The Morgan fingerprint density at radius 3 is 2.45 bits per heavy atom. The molecule has 0 aliphatic carbocycles. The molecule has 3 nitrogen and oxygen atoms in total. The molecule has 1 N–H and O–H groups in total. The van der Waals surface area contributed by atoms with Crippen LogP contribution in [0.15, 0.2) is 67.1 Å². The summed E-state index contributed by atoms with van der Waals surface area (Å²) in [6.45, 7) is 0. The lowest BCUT2D eigenvalue weighted by atomic mass is 10.0. The number of H-pyrrole nitrogens is 1. The highest BCUT2D eigenvalue weighted by Gasteiger charge is 2.09. The number of nitrogens with one attached hydrogen (secondary N) is 1. The van der Waals surface area contributed by atoms with Crippen LogP contribution in [0.5, 0.6) is 0 Å². The zero-order valence-electron chi connectivity index (χ0n) is 11.6. The highest BCUT2D eigenvalue weighted by Crippen LogP contribution is 2.33. The molecule has 106 valence electrons. The number of fused-ring (bicyclic) bond motifs is 1. The normalized spacial score (nSPS) is 11.0. The first-order valence-corrected chi connectivity index (χ1v) is 7.34. The van der Waals surface area contributed by atoms with Crippen molar-refractivity contribution >= 4 is 22.6 Å². The molecule has 0 amide bonds. The number of halogens is 1. The van der Waals surface area contributed by atoms with E-state index >= 15 is 0 Å². The van der Waals surface area contributed by atoms with E-state index in [0.29, 0.717) is 0 Å². The Hall–Kier alpha value is -2.65. The smallest absolute Gasteiger partial charge is 0.138 e. The third-order valence-electron chi connectivity index (χ3n) is 3.68. The van der Waals surface area contributed by atoms with E-state index in [9.17, 15) is 0 Å². The maximum Gasteiger partial charge on any atom is 0.138 e. The molecule has 22 heavy (non-hydrogen) atoms. The van der Waals surface area contributed by atoms with Gasteiger partial charge in [-0.3, -0.25) is 4.98 Å². The summed E-state index contributed by atoms with van der Waals surface area (Å²) in [6, 6.07) is 16.0. The minimum Gasteiger partial charge on any atom is -0.346 e. The molecule has 0 saturated carbocycles. The van der Waals surface area contributed by atoms with Gasteiger partial charge in [-0.1, -0.05) is 41.9 Å². The molecular formula is C18H12ClN3. The number of aromatic nitrogens is 3. The van der Waals surface area contributed by atoms with Gasteiger partial charge in [0.2, 0.25) is 0 Å². The lowest BCUT2D eigenvalue weighted by Crippen LogP contribution is -1.86. The Morgan fingerprint density at radius 1 is 0.864 bits per heavy atom. The third kappa shape index (κ3) is 2.16. The van der Waals surface area contributed by atoms with Crippen LogP contribution in [0, 0.1) is 0 Å². The summed E-state index contributed by atoms with van der Waals surface area (Å²) in [5, 5.41) is 1.66. The van der Waals surface area contributed by atoms with Crippen LogP contribution in [0.3, 0.4) is 0 Å². The van der Waals surface area contributed by atoms with Gasteiger partial charge in [-0.25, -0.2) is 4.98 Å². The molecule has 0 aliphatic rings. The molecule has 0 unspecified atom stereocenters. The van der Waals surface area contributed by atoms with Gasteiger partial charge in [-0.2, -0.15) is 0 Å². The Morgan fingerprint density at radius 2 is 1.68 bits per heavy atom. The first kappa shape index (κ1) is 13.0. The number of aromatic amines is 1. The van der Waals surface area contributed by atoms with Crippen molar-refractivity contribution in [2.24, 2.45) is 0 Å². The predicted octanol–water partition coefficient (Wildman–Crippen LogP) is 4.95. The van der Waals surface area contributed by atoms with E-state index in [1.54, 1.807) is 12.4 Å². The number of hydrogen-bond acceptors (Lipinski definition) is 2. The molecule has 0 fully saturated rings. The summed E-state index contributed by atoms with van der Waals surface area (Å²) >= 11 is 6.50. The first-order chi connectivity index (χ1) is 10.8. The molecule has 3 heterocycles. The number of pyridine rings is 2. The summed E-state index contributed by atoms with van der Waals surface area (Å²) in [5.41, 5.74) is 4.82. The number of nitrogens with zero attached hydrogens (tertiary/aromatic N) is 2. The molecule has 4 rings (SSSR count). The molecule has 0 atom stereocenters. The van der Waals surface area contributed by atoms with Crippen molar-refractivity contribution < 1.29 is 0 Å². The van der Waals surface area contributed by atoms with Crippen molar-refractivity contribution in [1.82, 2.24) is 15.0 Å². The van der Waals surface area contributed by atoms with Crippen LogP contribution in [0.1, 0.15) is 0 Å². The minimum atomic E-state index is 0.719. The molecule has 0 aliphatic heterocycles. The fourth-order valence-electron chi connectivity index (χ4n) is 2.53. The lowest BCUT2D eigenvalue weighted by molar-refractivity contribution is 1.32. The van der Waals surface area contributed by atoms with Gasteiger partial charge in [0, 0.05) is 35.1 Å². The fourth-order valence-corrected chi connectivity index (χ4v) is 2.84. The van der Waals surface area contributed by atoms with Gasteiger partial charge in [0.15, 0.2) is 0 Å². The predicted molar refractivity (Wildman–Crippen MR) is 89.8 cm³/mol. The van der Waals surface area contributed by atoms with E-state index in [1.165, 1.54) is 0 Å². The molecular weight excluding hydrogens is 294 g/mol. The molecule has 4 aromatic rings. The highest BCUT2D eigenvalue weighted by atomic mass is 35.5. The number of hydrogen-bond donors (Lipinski definition) is 1. The highest BCUT2D eigenvalue weighted by molar-refractivity contribution is 6.38. The van der Waals surface area contributed by atoms with Crippen LogP contribution in [0.25, 0.3) is 33.4 Å². The van der Waals surface area contributed by atoms with Gasteiger partial charge in [0.25, 0.3) is 0 Å². The minimum absolute atomic E-state index is 0.719. The average molecular weight is 306 g/mol. The summed E-state index contributed by atoms with van der Waals surface area (Å²) in [6.07, 6.45) is 5.44.